The Balaban J connectivity index is 1.76. The molecule has 5 heteroatoms. The van der Waals surface area contributed by atoms with Crippen molar-refractivity contribution in [3.8, 4) is 11.5 Å². The van der Waals surface area contributed by atoms with E-state index in [1.807, 2.05) is 24.3 Å². The molecule has 0 fully saturated rings. The quantitative estimate of drug-likeness (QED) is 0.747. The predicted octanol–water partition coefficient (Wildman–Crippen LogP) is 4.34. The average Bonchev–Trinajstić information content (AvgIpc) is 3.05. The van der Waals surface area contributed by atoms with Gasteiger partial charge in [-0.25, -0.2) is 4.39 Å². The van der Waals surface area contributed by atoms with E-state index in [1.54, 1.807) is 25.3 Å². The molecule has 1 aliphatic rings. The van der Waals surface area contributed by atoms with Crippen LogP contribution in [0.4, 0.5) is 4.39 Å². The molecule has 0 aliphatic carbocycles. The maximum absolute atomic E-state index is 14.0. The number of benzene rings is 2. The first-order valence-electron chi connectivity index (χ1n) is 9.17. The number of phenolic OH excluding ortho intramolecular Hbond substituents is 1. The first-order valence-corrected chi connectivity index (χ1v) is 9.17. The van der Waals surface area contributed by atoms with Crippen LogP contribution in [0, 0.1) is 5.82 Å². The number of aryl methyl sites for hydroxylation is 1. The largest absolute Gasteiger partial charge is 0.504 e. The van der Waals surface area contributed by atoms with Crippen molar-refractivity contribution in [2.24, 2.45) is 0 Å². The first kappa shape index (κ1) is 17.6. The van der Waals surface area contributed by atoms with Gasteiger partial charge in [0.25, 0.3) is 0 Å². The summed E-state index contributed by atoms with van der Waals surface area (Å²) in [5.74, 6) is 0.393. The van der Waals surface area contributed by atoms with Gasteiger partial charge in [0.2, 0.25) is 0 Å². The Labute approximate surface area is 158 Å². The highest BCUT2D eigenvalue weighted by Crippen LogP contribution is 2.36. The number of fused-ring (bicyclic) bond motifs is 1. The second-order valence-electron chi connectivity index (χ2n) is 6.88. The molecule has 0 spiro atoms. The lowest BCUT2D eigenvalue weighted by Gasteiger charge is -2.31. The molecule has 0 saturated carbocycles. The van der Waals surface area contributed by atoms with E-state index in [9.17, 15) is 9.50 Å². The van der Waals surface area contributed by atoms with Crippen molar-refractivity contribution >= 4 is 0 Å². The molecule has 0 bridgehead atoms. The third kappa shape index (κ3) is 3.43. The van der Waals surface area contributed by atoms with E-state index in [4.69, 9.17) is 4.74 Å². The molecule has 140 valence electrons. The van der Waals surface area contributed by atoms with Gasteiger partial charge in [-0.1, -0.05) is 24.3 Å². The first-order chi connectivity index (χ1) is 13.2. The molecule has 1 atom stereocenters. The normalized spacial score (nSPS) is 17.3. The van der Waals surface area contributed by atoms with E-state index in [2.05, 4.69) is 21.7 Å². The lowest BCUT2D eigenvalue weighted by atomic mass is 10.0. The van der Waals surface area contributed by atoms with Crippen LogP contribution >= 0.6 is 0 Å². The van der Waals surface area contributed by atoms with Crippen LogP contribution in [0.25, 0.3) is 0 Å². The fraction of sp³-hybridized carbons (Fsp3) is 0.273. The summed E-state index contributed by atoms with van der Waals surface area (Å²) in [6.45, 7) is 2.32. The van der Waals surface area contributed by atoms with Gasteiger partial charge in [-0.2, -0.15) is 0 Å². The number of aromatic nitrogens is 1. The lowest BCUT2D eigenvalue weighted by Crippen LogP contribution is -2.29. The van der Waals surface area contributed by atoms with Crippen LogP contribution in [0.1, 0.15) is 29.3 Å². The van der Waals surface area contributed by atoms with Gasteiger partial charge in [-0.05, 0) is 42.3 Å². The van der Waals surface area contributed by atoms with E-state index in [0.29, 0.717) is 12.3 Å². The van der Waals surface area contributed by atoms with Crippen LogP contribution in [0.15, 0.2) is 60.8 Å². The highest BCUT2D eigenvalue weighted by molar-refractivity contribution is 5.45. The van der Waals surface area contributed by atoms with Gasteiger partial charge in [-0.15, -0.1) is 0 Å². The standard InChI is InChI=1S/C22H23FN2O2/c1-27-20-10-3-7-17(22(20)26)15-25-13-5-12-24-11-4-9-19(24)21(25)16-6-2-8-18(23)14-16/h2-4,6-11,14,21,26H,5,12-13,15H2,1H3. The SMILES string of the molecule is COc1cccc(CN2CCCn3cccc3C2c2cccc(F)c2)c1O. The number of aromatic hydroxyl groups is 1. The molecule has 4 rings (SSSR count). The summed E-state index contributed by atoms with van der Waals surface area (Å²) in [7, 11) is 1.55. The number of methoxy groups -OCH3 is 1. The van der Waals surface area contributed by atoms with Crippen LogP contribution in [-0.4, -0.2) is 28.2 Å². The maximum atomic E-state index is 14.0. The van der Waals surface area contributed by atoms with Crippen LogP contribution in [0.3, 0.4) is 0 Å². The van der Waals surface area contributed by atoms with Crippen molar-refractivity contribution in [1.29, 1.82) is 0 Å². The van der Waals surface area contributed by atoms with Crippen LogP contribution < -0.4 is 4.74 Å². The monoisotopic (exact) mass is 366 g/mol. The summed E-state index contributed by atoms with van der Waals surface area (Å²) in [6.07, 6.45) is 3.06. The third-order valence-electron chi connectivity index (χ3n) is 5.19. The molecule has 27 heavy (non-hydrogen) atoms. The maximum Gasteiger partial charge on any atom is 0.162 e. The molecule has 1 aliphatic heterocycles. The zero-order valence-corrected chi connectivity index (χ0v) is 15.3. The highest BCUT2D eigenvalue weighted by atomic mass is 19.1. The number of ether oxygens (including phenoxy) is 1. The molecule has 1 unspecified atom stereocenters. The summed E-state index contributed by atoms with van der Waals surface area (Å²) in [5.41, 5.74) is 2.86. The van der Waals surface area contributed by atoms with E-state index in [1.165, 1.54) is 6.07 Å². The summed E-state index contributed by atoms with van der Waals surface area (Å²) in [6, 6.07) is 16.4. The third-order valence-corrected chi connectivity index (χ3v) is 5.19. The van der Waals surface area contributed by atoms with Crippen LogP contribution in [0.5, 0.6) is 11.5 Å². The fourth-order valence-electron chi connectivity index (χ4n) is 3.95. The van der Waals surface area contributed by atoms with E-state index < -0.39 is 0 Å². The minimum absolute atomic E-state index is 0.0798. The Hall–Kier alpha value is -2.79. The Kier molecular flexibility index (Phi) is 4.86. The summed E-state index contributed by atoms with van der Waals surface area (Å²) < 4.78 is 21.4. The molecule has 2 aromatic carbocycles. The predicted molar refractivity (Wildman–Crippen MR) is 102 cm³/mol. The molecule has 2 heterocycles. The van der Waals surface area contributed by atoms with Gasteiger partial charge >= 0.3 is 0 Å². The number of nitrogens with zero attached hydrogens (tertiary/aromatic N) is 2. The molecule has 3 aromatic rings. The summed E-state index contributed by atoms with van der Waals surface area (Å²) in [5, 5.41) is 10.5. The molecular formula is C22H23FN2O2. The Bertz CT molecular complexity index is 938. The summed E-state index contributed by atoms with van der Waals surface area (Å²) in [4.78, 5) is 2.29. The minimum Gasteiger partial charge on any atom is -0.504 e. The molecule has 1 N–H and O–H groups in total. The lowest BCUT2D eigenvalue weighted by molar-refractivity contribution is 0.216. The molecule has 0 amide bonds. The second kappa shape index (κ2) is 7.45. The molecule has 4 nitrogen and oxygen atoms in total. The van der Waals surface area contributed by atoms with Gasteiger partial charge in [0.1, 0.15) is 5.82 Å². The number of hydrogen-bond acceptors (Lipinski definition) is 3. The van der Waals surface area contributed by atoms with Gasteiger partial charge < -0.3 is 14.4 Å². The number of halogens is 1. The molecule has 0 radical (unpaired) electrons. The van der Waals surface area contributed by atoms with E-state index in [-0.39, 0.29) is 17.6 Å². The van der Waals surface area contributed by atoms with Gasteiger partial charge in [0, 0.05) is 37.1 Å². The van der Waals surface area contributed by atoms with Crippen molar-refractivity contribution in [2.45, 2.75) is 25.6 Å². The fourth-order valence-corrected chi connectivity index (χ4v) is 3.95. The topological polar surface area (TPSA) is 37.6 Å². The Morgan fingerprint density at radius 1 is 1.11 bits per heavy atom. The minimum atomic E-state index is -0.237. The van der Waals surface area contributed by atoms with Crippen molar-refractivity contribution in [3.05, 3.63) is 83.4 Å². The smallest absolute Gasteiger partial charge is 0.162 e. The second-order valence-corrected chi connectivity index (χ2v) is 6.88. The van der Waals surface area contributed by atoms with E-state index >= 15 is 0 Å². The van der Waals surface area contributed by atoms with Crippen LogP contribution in [0.2, 0.25) is 0 Å². The highest BCUT2D eigenvalue weighted by Gasteiger charge is 2.28. The van der Waals surface area contributed by atoms with Gasteiger partial charge in [0.05, 0.1) is 13.2 Å². The molecule has 1 aromatic heterocycles. The van der Waals surface area contributed by atoms with Gasteiger partial charge in [-0.3, -0.25) is 4.90 Å². The Morgan fingerprint density at radius 2 is 1.96 bits per heavy atom. The zero-order chi connectivity index (χ0) is 18.8. The molecule has 0 saturated heterocycles. The number of rotatable bonds is 4. The number of hydrogen-bond donors (Lipinski definition) is 1. The summed E-state index contributed by atoms with van der Waals surface area (Å²) >= 11 is 0. The zero-order valence-electron chi connectivity index (χ0n) is 15.3. The number of phenols is 1. The van der Waals surface area contributed by atoms with E-state index in [0.717, 1.165) is 36.3 Å². The van der Waals surface area contributed by atoms with Crippen molar-refractivity contribution in [2.75, 3.05) is 13.7 Å². The number of para-hydroxylation sites is 1. The van der Waals surface area contributed by atoms with Crippen molar-refractivity contribution < 1.29 is 14.2 Å². The average molecular weight is 366 g/mol. The van der Waals surface area contributed by atoms with Crippen molar-refractivity contribution in [3.63, 3.8) is 0 Å². The van der Waals surface area contributed by atoms with Crippen LogP contribution in [-0.2, 0) is 13.1 Å². The van der Waals surface area contributed by atoms with Gasteiger partial charge in [0.15, 0.2) is 11.5 Å². The Morgan fingerprint density at radius 3 is 2.78 bits per heavy atom. The molecular weight excluding hydrogens is 343 g/mol. The van der Waals surface area contributed by atoms with Crippen molar-refractivity contribution in [1.82, 2.24) is 9.47 Å².